The van der Waals surface area contributed by atoms with Crippen molar-refractivity contribution >= 4 is 0 Å². The molecule has 1 saturated heterocycles. The zero-order valence-corrected chi connectivity index (χ0v) is 4.76. The Balaban J connectivity index is 1.93. The van der Waals surface area contributed by atoms with Gasteiger partial charge in [-0.15, -0.1) is 0 Å². The van der Waals surface area contributed by atoms with E-state index in [0.29, 0.717) is 12.2 Å². The van der Waals surface area contributed by atoms with Crippen molar-refractivity contribution in [3.8, 4) is 0 Å². The number of hydrogen-bond donors (Lipinski definition) is 0. The predicted octanol–water partition coefficient (Wildman–Crippen LogP) is 0.0309. The van der Waals surface area contributed by atoms with E-state index >= 15 is 0 Å². The second kappa shape index (κ2) is 1.45. The second-order valence-corrected chi connectivity index (χ2v) is 2.72. The van der Waals surface area contributed by atoms with Gasteiger partial charge < -0.3 is 9.84 Å². The molecule has 1 heterocycles. The Morgan fingerprint density at radius 1 is 1.25 bits per heavy atom. The summed E-state index contributed by atoms with van der Waals surface area (Å²) in [7, 11) is 0. The fraction of sp³-hybridized carbons (Fsp3) is 1.00. The molecule has 0 spiro atoms. The summed E-state index contributed by atoms with van der Waals surface area (Å²) in [5.41, 5.74) is 0. The molecule has 2 heteroatoms. The molecule has 3 atom stereocenters. The monoisotopic (exact) mass is 115 g/mol. The van der Waals surface area contributed by atoms with E-state index < -0.39 is 0 Å². The Labute approximate surface area is 48.5 Å². The normalized spacial score (nSPS) is 52.9. The maximum Gasteiger partial charge on any atom is 0.156 e. The summed E-state index contributed by atoms with van der Waals surface area (Å²) in [4.78, 5) is 0. The summed E-state index contributed by atoms with van der Waals surface area (Å²) in [6, 6.07) is 0. The lowest BCUT2D eigenvalue weighted by molar-refractivity contribution is 0.139. The van der Waals surface area contributed by atoms with E-state index in [4.69, 9.17) is 9.84 Å². The zero-order chi connectivity index (χ0) is 5.56. The molecule has 0 amide bonds. The van der Waals surface area contributed by atoms with Gasteiger partial charge in [-0.2, -0.15) is 0 Å². The highest BCUT2D eigenvalue weighted by atomic mass is 16.6. The Kier molecular flexibility index (Phi) is 0.866. The molecule has 1 aliphatic carbocycles. The van der Waals surface area contributed by atoms with Crippen LogP contribution in [0.15, 0.2) is 0 Å². The highest BCUT2D eigenvalue weighted by Crippen LogP contribution is 2.36. The standard InChI is InChI=1S/C6H10O2/c7-4-1-2-5-6(3-4)8-5/h4-7H,1-3H2/p+1. The molecule has 2 N–H and O–H groups in total. The molecule has 2 nitrogen and oxygen atoms in total. The predicted molar refractivity (Wildman–Crippen MR) is 29.9 cm³/mol. The average Bonchev–Trinajstić information content (AvgIpc) is 2.43. The smallest absolute Gasteiger partial charge is 0.156 e. The van der Waals surface area contributed by atoms with Crippen molar-refractivity contribution in [2.75, 3.05) is 0 Å². The van der Waals surface area contributed by atoms with Gasteiger partial charge in [0.25, 0.3) is 0 Å². The molecule has 3 unspecified atom stereocenters. The molecule has 2 rings (SSSR count). The van der Waals surface area contributed by atoms with E-state index in [0.717, 1.165) is 19.3 Å². The van der Waals surface area contributed by atoms with Crippen molar-refractivity contribution in [2.24, 2.45) is 0 Å². The van der Waals surface area contributed by atoms with Crippen LogP contribution in [-0.4, -0.2) is 23.4 Å². The molecule has 1 saturated carbocycles. The minimum atomic E-state index is 0.179. The van der Waals surface area contributed by atoms with Crippen molar-refractivity contribution in [3.63, 3.8) is 0 Å². The molecule has 2 fully saturated rings. The van der Waals surface area contributed by atoms with Gasteiger partial charge in [-0.1, -0.05) is 0 Å². The average molecular weight is 115 g/mol. The molecule has 2 aliphatic rings. The maximum atomic E-state index is 7.35. The third kappa shape index (κ3) is 0.644. The SMILES string of the molecule is [OH2+]C1CCC2OC2C1. The highest BCUT2D eigenvalue weighted by Gasteiger charge is 2.44. The molecule has 0 aromatic rings. The Hall–Kier alpha value is -0.0800. The largest absolute Gasteiger partial charge is 0.443 e. The number of hydrogen-bond acceptors (Lipinski definition) is 1. The third-order valence-electron chi connectivity index (χ3n) is 2.00. The zero-order valence-electron chi connectivity index (χ0n) is 4.76. The molecule has 8 heavy (non-hydrogen) atoms. The van der Waals surface area contributed by atoms with Crippen LogP contribution in [0.4, 0.5) is 0 Å². The summed E-state index contributed by atoms with van der Waals surface area (Å²) >= 11 is 0. The summed E-state index contributed by atoms with van der Waals surface area (Å²) in [5.74, 6) is 0. The van der Waals surface area contributed by atoms with Crippen LogP contribution in [0.25, 0.3) is 0 Å². The van der Waals surface area contributed by atoms with Crippen LogP contribution >= 0.6 is 0 Å². The first-order chi connectivity index (χ1) is 3.86. The summed E-state index contributed by atoms with van der Waals surface area (Å²) in [6.07, 6.45) is 4.42. The molecule has 0 aromatic heterocycles. The van der Waals surface area contributed by atoms with Gasteiger partial charge >= 0.3 is 0 Å². The molecular weight excluding hydrogens is 104 g/mol. The van der Waals surface area contributed by atoms with Gasteiger partial charge in [-0.05, 0) is 6.42 Å². The quantitative estimate of drug-likeness (QED) is 0.324. The van der Waals surface area contributed by atoms with E-state index in [1.807, 2.05) is 0 Å². The lowest BCUT2D eigenvalue weighted by atomic mass is 9.98. The van der Waals surface area contributed by atoms with Gasteiger partial charge in [0.2, 0.25) is 0 Å². The minimum Gasteiger partial charge on any atom is -0.443 e. The minimum absolute atomic E-state index is 0.179. The van der Waals surface area contributed by atoms with Gasteiger partial charge in [-0.3, -0.25) is 0 Å². The van der Waals surface area contributed by atoms with Gasteiger partial charge in [0.15, 0.2) is 6.10 Å². The van der Waals surface area contributed by atoms with Crippen LogP contribution in [0.5, 0.6) is 0 Å². The highest BCUT2D eigenvalue weighted by molar-refractivity contribution is 4.91. The lowest BCUT2D eigenvalue weighted by Crippen LogP contribution is -2.17. The van der Waals surface area contributed by atoms with E-state index in [1.165, 1.54) is 0 Å². The van der Waals surface area contributed by atoms with Crippen LogP contribution < -0.4 is 0 Å². The Morgan fingerprint density at radius 3 is 2.75 bits per heavy atom. The van der Waals surface area contributed by atoms with Crippen LogP contribution in [0, 0.1) is 0 Å². The molecule has 0 radical (unpaired) electrons. The first-order valence-corrected chi connectivity index (χ1v) is 3.23. The van der Waals surface area contributed by atoms with Crippen LogP contribution in [0.2, 0.25) is 0 Å². The van der Waals surface area contributed by atoms with Crippen molar-refractivity contribution in [1.82, 2.24) is 0 Å². The van der Waals surface area contributed by atoms with Crippen molar-refractivity contribution in [2.45, 2.75) is 37.6 Å². The molecule has 0 bridgehead atoms. The number of ether oxygens (including phenoxy) is 1. The first-order valence-electron chi connectivity index (χ1n) is 3.23. The molecule has 0 aromatic carbocycles. The fourth-order valence-corrected chi connectivity index (χ4v) is 1.40. The molecular formula is C6H11O2+. The summed E-state index contributed by atoms with van der Waals surface area (Å²) < 4.78 is 5.23. The van der Waals surface area contributed by atoms with E-state index in [1.54, 1.807) is 0 Å². The maximum absolute atomic E-state index is 7.35. The summed E-state index contributed by atoms with van der Waals surface area (Å²) in [5, 5.41) is 7.35. The molecule has 1 aliphatic heterocycles. The van der Waals surface area contributed by atoms with E-state index in [2.05, 4.69) is 0 Å². The number of fused-ring (bicyclic) bond motifs is 1. The Bertz CT molecular complexity index is 103. The van der Waals surface area contributed by atoms with Gasteiger partial charge in [0.1, 0.15) is 0 Å². The van der Waals surface area contributed by atoms with Crippen LogP contribution in [0.1, 0.15) is 19.3 Å². The number of rotatable bonds is 0. The van der Waals surface area contributed by atoms with Gasteiger partial charge in [0, 0.05) is 12.8 Å². The number of epoxide rings is 1. The summed E-state index contributed by atoms with van der Waals surface area (Å²) in [6.45, 7) is 0. The van der Waals surface area contributed by atoms with Gasteiger partial charge in [0.05, 0.1) is 12.2 Å². The van der Waals surface area contributed by atoms with Crippen molar-refractivity contribution < 1.29 is 9.84 Å². The Morgan fingerprint density at radius 2 is 2.12 bits per heavy atom. The topological polar surface area (TPSA) is 35.4 Å². The van der Waals surface area contributed by atoms with E-state index in [-0.39, 0.29) is 6.10 Å². The fourth-order valence-electron chi connectivity index (χ4n) is 1.40. The molecule has 46 valence electrons. The third-order valence-corrected chi connectivity index (χ3v) is 2.00. The first kappa shape index (κ1) is 4.77. The van der Waals surface area contributed by atoms with Crippen LogP contribution in [0.3, 0.4) is 0 Å². The lowest BCUT2D eigenvalue weighted by Gasteiger charge is -2.06. The van der Waals surface area contributed by atoms with Crippen LogP contribution in [-0.2, 0) is 4.74 Å². The van der Waals surface area contributed by atoms with Gasteiger partial charge in [-0.25, -0.2) is 0 Å². The van der Waals surface area contributed by atoms with Crippen molar-refractivity contribution in [1.29, 1.82) is 0 Å². The van der Waals surface area contributed by atoms with E-state index in [9.17, 15) is 0 Å². The second-order valence-electron chi connectivity index (χ2n) is 2.72. The van der Waals surface area contributed by atoms with Crippen molar-refractivity contribution in [3.05, 3.63) is 0 Å².